The molecule has 0 aliphatic heterocycles. The van der Waals surface area contributed by atoms with E-state index < -0.39 is 5.82 Å². The van der Waals surface area contributed by atoms with Gasteiger partial charge in [-0.2, -0.15) is 0 Å². The van der Waals surface area contributed by atoms with Gasteiger partial charge in [-0.3, -0.25) is 4.79 Å². The van der Waals surface area contributed by atoms with Crippen molar-refractivity contribution in [3.63, 3.8) is 0 Å². The van der Waals surface area contributed by atoms with E-state index in [0.29, 0.717) is 17.3 Å². The number of hydrogen-bond donors (Lipinski definition) is 0. The summed E-state index contributed by atoms with van der Waals surface area (Å²) in [6.45, 7) is 3.51. The fourth-order valence-corrected chi connectivity index (χ4v) is 1.42. The molecule has 1 aromatic rings. The summed E-state index contributed by atoms with van der Waals surface area (Å²) in [5, 5.41) is 0. The van der Waals surface area contributed by atoms with Crippen molar-refractivity contribution < 1.29 is 9.18 Å². The van der Waals surface area contributed by atoms with Crippen molar-refractivity contribution in [2.24, 2.45) is 0 Å². The zero-order valence-electron chi connectivity index (χ0n) is 7.59. The molecule has 0 saturated heterocycles. The van der Waals surface area contributed by atoms with E-state index in [4.69, 9.17) is 0 Å². The number of carbonyl (C=O) groups excluding carboxylic acids is 1. The third kappa shape index (κ3) is 2.77. The number of carbonyl (C=O) groups is 1. The summed E-state index contributed by atoms with van der Waals surface area (Å²) in [5.41, 5.74) is 0.148. The first-order valence-corrected chi connectivity index (χ1v) is 5.03. The molecule has 0 spiro atoms. The summed E-state index contributed by atoms with van der Waals surface area (Å²) in [7, 11) is 0. The number of hydrogen-bond acceptors (Lipinski definition) is 1. The average Bonchev–Trinajstić information content (AvgIpc) is 2.14. The highest BCUT2D eigenvalue weighted by Gasteiger charge is 2.10. The summed E-state index contributed by atoms with van der Waals surface area (Å²) >= 11 is 3.13. The van der Waals surface area contributed by atoms with Gasteiger partial charge in [0.1, 0.15) is 5.82 Å². The third-order valence-corrected chi connectivity index (χ3v) is 2.30. The topological polar surface area (TPSA) is 17.1 Å². The van der Waals surface area contributed by atoms with Crippen molar-refractivity contribution in [3.05, 3.63) is 46.7 Å². The van der Waals surface area contributed by atoms with Crippen molar-refractivity contribution in [3.8, 4) is 0 Å². The van der Waals surface area contributed by atoms with Crippen LogP contribution in [0.25, 0.3) is 0 Å². The van der Waals surface area contributed by atoms with Gasteiger partial charge in [-0.25, -0.2) is 4.39 Å². The van der Waals surface area contributed by atoms with Gasteiger partial charge in [0.2, 0.25) is 0 Å². The first-order valence-electron chi connectivity index (χ1n) is 4.24. The van der Waals surface area contributed by atoms with E-state index in [9.17, 15) is 9.18 Å². The van der Waals surface area contributed by atoms with Crippen LogP contribution in [0.3, 0.4) is 0 Å². The van der Waals surface area contributed by atoms with Gasteiger partial charge in [0.15, 0.2) is 5.78 Å². The standard InChI is InChI=1S/C11H10BrFO/c1-2-3-4-11(14)9-6-5-8(12)7-10(9)13/h2,5-7H,1,3-4H2. The maximum absolute atomic E-state index is 13.3. The van der Waals surface area contributed by atoms with E-state index in [1.54, 1.807) is 12.1 Å². The molecule has 0 amide bonds. The fraction of sp³-hybridized carbons (Fsp3) is 0.182. The largest absolute Gasteiger partial charge is 0.294 e. The highest BCUT2D eigenvalue weighted by molar-refractivity contribution is 9.10. The van der Waals surface area contributed by atoms with Gasteiger partial charge in [0.05, 0.1) is 5.56 Å². The molecule has 0 unspecified atom stereocenters. The zero-order chi connectivity index (χ0) is 10.6. The molecule has 1 aromatic carbocycles. The number of allylic oxidation sites excluding steroid dienone is 1. The molecule has 3 heteroatoms. The predicted octanol–water partition coefficient (Wildman–Crippen LogP) is 3.74. The van der Waals surface area contributed by atoms with Crippen LogP contribution in [0.2, 0.25) is 0 Å². The van der Waals surface area contributed by atoms with E-state index in [2.05, 4.69) is 22.5 Å². The lowest BCUT2D eigenvalue weighted by Crippen LogP contribution is -2.01. The Morgan fingerprint density at radius 1 is 1.57 bits per heavy atom. The highest BCUT2D eigenvalue weighted by atomic mass is 79.9. The van der Waals surface area contributed by atoms with E-state index in [1.165, 1.54) is 12.1 Å². The smallest absolute Gasteiger partial charge is 0.166 e. The number of halogens is 2. The number of rotatable bonds is 4. The molecule has 0 fully saturated rings. The lowest BCUT2D eigenvalue weighted by Gasteiger charge is -2.01. The Bertz CT molecular complexity index is 360. The Kier molecular flexibility index (Phi) is 4.01. The summed E-state index contributed by atoms with van der Waals surface area (Å²) in [4.78, 5) is 11.4. The van der Waals surface area contributed by atoms with E-state index in [0.717, 1.165) is 0 Å². The van der Waals surface area contributed by atoms with Crippen LogP contribution in [0, 0.1) is 5.82 Å². The second-order valence-electron chi connectivity index (χ2n) is 2.87. The van der Waals surface area contributed by atoms with Crippen LogP contribution in [-0.2, 0) is 0 Å². The van der Waals surface area contributed by atoms with Gasteiger partial charge >= 0.3 is 0 Å². The van der Waals surface area contributed by atoms with Crippen LogP contribution in [0.5, 0.6) is 0 Å². The van der Waals surface area contributed by atoms with Gasteiger partial charge in [0.25, 0.3) is 0 Å². The van der Waals surface area contributed by atoms with Crippen LogP contribution in [-0.4, -0.2) is 5.78 Å². The summed E-state index contributed by atoms with van der Waals surface area (Å²) < 4.78 is 13.9. The minimum absolute atomic E-state index is 0.148. The molecular weight excluding hydrogens is 247 g/mol. The van der Waals surface area contributed by atoms with E-state index >= 15 is 0 Å². The Labute approximate surface area is 90.8 Å². The average molecular weight is 257 g/mol. The van der Waals surface area contributed by atoms with Crippen molar-refractivity contribution in [2.45, 2.75) is 12.8 Å². The normalized spacial score (nSPS) is 9.86. The molecule has 74 valence electrons. The quantitative estimate of drug-likeness (QED) is 0.593. The Hall–Kier alpha value is -0.960. The van der Waals surface area contributed by atoms with Gasteiger partial charge in [-0.05, 0) is 24.6 Å². The van der Waals surface area contributed by atoms with Crippen LogP contribution in [0.15, 0.2) is 35.3 Å². The Morgan fingerprint density at radius 2 is 2.29 bits per heavy atom. The summed E-state index contributed by atoms with van der Waals surface area (Å²) in [6, 6.07) is 4.44. The van der Waals surface area contributed by atoms with Crippen LogP contribution < -0.4 is 0 Å². The third-order valence-electron chi connectivity index (χ3n) is 1.81. The van der Waals surface area contributed by atoms with E-state index in [1.807, 2.05) is 0 Å². The lowest BCUT2D eigenvalue weighted by atomic mass is 10.1. The molecular formula is C11H10BrFO. The summed E-state index contributed by atoms with van der Waals surface area (Å²) in [6.07, 6.45) is 2.53. The van der Waals surface area contributed by atoms with Crippen molar-refractivity contribution >= 4 is 21.7 Å². The Balaban J connectivity index is 2.84. The number of benzene rings is 1. The number of Topliss-reactive ketones (excluding diaryl/α,β-unsaturated/α-hetero) is 1. The maximum Gasteiger partial charge on any atom is 0.166 e. The fourth-order valence-electron chi connectivity index (χ4n) is 1.08. The molecule has 0 atom stereocenters. The summed E-state index contributed by atoms with van der Waals surface area (Å²) in [5.74, 6) is -0.664. The molecule has 0 radical (unpaired) electrons. The van der Waals surface area contributed by atoms with Crippen molar-refractivity contribution in [1.29, 1.82) is 0 Å². The van der Waals surface area contributed by atoms with Gasteiger partial charge < -0.3 is 0 Å². The maximum atomic E-state index is 13.3. The first kappa shape index (κ1) is 11.1. The van der Waals surface area contributed by atoms with Gasteiger partial charge in [0, 0.05) is 10.9 Å². The molecule has 1 nitrogen and oxygen atoms in total. The zero-order valence-corrected chi connectivity index (χ0v) is 9.18. The van der Waals surface area contributed by atoms with E-state index in [-0.39, 0.29) is 11.3 Å². The lowest BCUT2D eigenvalue weighted by molar-refractivity contribution is 0.0980. The number of ketones is 1. The van der Waals surface area contributed by atoms with Crippen LogP contribution >= 0.6 is 15.9 Å². The molecule has 1 rings (SSSR count). The van der Waals surface area contributed by atoms with Gasteiger partial charge in [-0.15, -0.1) is 6.58 Å². The molecule has 0 aliphatic carbocycles. The molecule has 0 bridgehead atoms. The SMILES string of the molecule is C=CCCC(=O)c1ccc(Br)cc1F. The first-order chi connectivity index (χ1) is 6.65. The monoisotopic (exact) mass is 256 g/mol. The van der Waals surface area contributed by atoms with Crippen molar-refractivity contribution in [2.75, 3.05) is 0 Å². The second kappa shape index (κ2) is 5.05. The minimum atomic E-state index is -0.478. The van der Waals surface area contributed by atoms with Crippen molar-refractivity contribution in [1.82, 2.24) is 0 Å². The predicted molar refractivity (Wildman–Crippen MR) is 57.9 cm³/mol. The molecule has 0 N–H and O–H groups in total. The molecule has 0 saturated carbocycles. The molecule has 0 aromatic heterocycles. The minimum Gasteiger partial charge on any atom is -0.294 e. The second-order valence-corrected chi connectivity index (χ2v) is 3.79. The van der Waals surface area contributed by atoms with Crippen LogP contribution in [0.4, 0.5) is 4.39 Å². The molecule has 0 heterocycles. The molecule has 14 heavy (non-hydrogen) atoms. The highest BCUT2D eigenvalue weighted by Crippen LogP contribution is 2.17. The van der Waals surface area contributed by atoms with Gasteiger partial charge in [-0.1, -0.05) is 22.0 Å². The molecule has 0 aliphatic rings. The Morgan fingerprint density at radius 3 is 2.86 bits per heavy atom. The van der Waals surface area contributed by atoms with Crippen LogP contribution in [0.1, 0.15) is 23.2 Å².